The molecule has 1 heterocycles. The average molecular weight is 382 g/mol. The van der Waals surface area contributed by atoms with Crippen molar-refractivity contribution in [1.29, 1.82) is 0 Å². The zero-order valence-electron chi connectivity index (χ0n) is 16.3. The number of nitrogens with one attached hydrogen (secondary N) is 1. The number of nitrogens with zero attached hydrogens (tertiary/aromatic N) is 1. The highest BCUT2D eigenvalue weighted by molar-refractivity contribution is 5.98. The van der Waals surface area contributed by atoms with E-state index in [1.807, 2.05) is 42.5 Å². The number of benzene rings is 2. The van der Waals surface area contributed by atoms with Gasteiger partial charge in [-0.3, -0.25) is 9.59 Å². The fraction of sp³-hybridized carbons (Fsp3) is 0.364. The zero-order valence-corrected chi connectivity index (χ0v) is 16.3. The highest BCUT2D eigenvalue weighted by atomic mass is 16.5. The van der Waals surface area contributed by atoms with Crippen LogP contribution < -0.4 is 10.1 Å². The molecule has 6 heteroatoms. The van der Waals surface area contributed by atoms with Crippen LogP contribution in [-0.4, -0.2) is 56.7 Å². The van der Waals surface area contributed by atoms with Gasteiger partial charge in [0.15, 0.2) is 0 Å². The number of amides is 2. The third kappa shape index (κ3) is 4.51. The van der Waals surface area contributed by atoms with Crippen LogP contribution in [0, 0.1) is 0 Å². The van der Waals surface area contributed by atoms with E-state index in [9.17, 15) is 9.59 Å². The molecular formula is C22H26N2O4. The lowest BCUT2D eigenvalue weighted by Crippen LogP contribution is -2.46. The van der Waals surface area contributed by atoms with E-state index in [2.05, 4.69) is 5.32 Å². The topological polar surface area (TPSA) is 67.9 Å². The minimum Gasteiger partial charge on any atom is -0.497 e. The van der Waals surface area contributed by atoms with Crippen LogP contribution in [0.4, 0.5) is 0 Å². The zero-order chi connectivity index (χ0) is 19.9. The quantitative estimate of drug-likeness (QED) is 0.748. The molecule has 2 aromatic rings. The Hall–Kier alpha value is -2.86. The number of carbonyl (C=O) groups excluding carboxylic acids is 2. The lowest BCUT2D eigenvalue weighted by Gasteiger charge is -2.24. The maximum absolute atomic E-state index is 13.1. The van der Waals surface area contributed by atoms with Gasteiger partial charge >= 0.3 is 0 Å². The fourth-order valence-electron chi connectivity index (χ4n) is 3.48. The molecule has 1 fully saturated rings. The summed E-state index contributed by atoms with van der Waals surface area (Å²) in [5, 5.41) is 2.84. The summed E-state index contributed by atoms with van der Waals surface area (Å²) in [6.07, 6.45) is 1.50. The summed E-state index contributed by atoms with van der Waals surface area (Å²) in [7, 11) is 3.22. The third-order valence-corrected chi connectivity index (χ3v) is 4.93. The van der Waals surface area contributed by atoms with Gasteiger partial charge in [-0.25, -0.2) is 0 Å². The molecule has 0 aromatic heterocycles. The molecule has 28 heavy (non-hydrogen) atoms. The molecule has 2 amide bonds. The van der Waals surface area contributed by atoms with Gasteiger partial charge in [-0.1, -0.05) is 24.3 Å². The summed E-state index contributed by atoms with van der Waals surface area (Å²) in [5.41, 5.74) is 2.49. The van der Waals surface area contributed by atoms with Crippen molar-refractivity contribution in [3.63, 3.8) is 0 Å². The molecule has 1 atom stereocenters. The highest BCUT2D eigenvalue weighted by Crippen LogP contribution is 2.26. The molecule has 1 unspecified atom stereocenters. The maximum Gasteiger partial charge on any atom is 0.254 e. The van der Waals surface area contributed by atoms with Crippen LogP contribution in [0.15, 0.2) is 48.5 Å². The van der Waals surface area contributed by atoms with E-state index in [-0.39, 0.29) is 11.8 Å². The maximum atomic E-state index is 13.1. The normalized spacial score (nSPS) is 16.1. The monoisotopic (exact) mass is 382 g/mol. The molecule has 148 valence electrons. The standard InChI is InChI=1S/C22H26N2O4/c1-27-13-11-23-21(25)20-10-5-12-24(20)22(26)18-8-3-6-16(14-18)17-7-4-9-19(15-17)28-2/h3-4,6-9,14-15,20H,5,10-13H2,1-2H3,(H,23,25). The number of likely N-dealkylation sites (tertiary alicyclic amines) is 1. The van der Waals surface area contributed by atoms with Crippen molar-refractivity contribution in [2.75, 3.05) is 33.9 Å². The second-order valence-electron chi connectivity index (χ2n) is 6.75. The van der Waals surface area contributed by atoms with Crippen molar-refractivity contribution in [3.05, 3.63) is 54.1 Å². The van der Waals surface area contributed by atoms with E-state index < -0.39 is 6.04 Å². The van der Waals surface area contributed by atoms with E-state index >= 15 is 0 Å². The van der Waals surface area contributed by atoms with Crippen molar-refractivity contribution >= 4 is 11.8 Å². The molecule has 3 rings (SSSR count). The van der Waals surface area contributed by atoms with Gasteiger partial charge in [0.2, 0.25) is 5.91 Å². The summed E-state index contributed by atoms with van der Waals surface area (Å²) in [6.45, 7) is 1.48. The van der Waals surface area contributed by atoms with Crippen LogP contribution in [0.1, 0.15) is 23.2 Å². The molecule has 0 bridgehead atoms. The largest absolute Gasteiger partial charge is 0.497 e. The predicted octanol–water partition coefficient (Wildman–Crippen LogP) is 2.73. The van der Waals surface area contributed by atoms with Crippen LogP contribution in [-0.2, 0) is 9.53 Å². The van der Waals surface area contributed by atoms with E-state index in [1.54, 1.807) is 25.2 Å². The van der Waals surface area contributed by atoms with Crippen LogP contribution in [0.2, 0.25) is 0 Å². The van der Waals surface area contributed by atoms with Crippen LogP contribution in [0.25, 0.3) is 11.1 Å². The van der Waals surface area contributed by atoms with Crippen molar-refractivity contribution in [3.8, 4) is 16.9 Å². The molecule has 2 aromatic carbocycles. The fourth-order valence-corrected chi connectivity index (χ4v) is 3.48. The van der Waals surface area contributed by atoms with Crippen molar-refractivity contribution in [1.82, 2.24) is 10.2 Å². The second-order valence-corrected chi connectivity index (χ2v) is 6.75. The number of ether oxygens (including phenoxy) is 2. The van der Waals surface area contributed by atoms with Gasteiger partial charge in [0.25, 0.3) is 5.91 Å². The molecular weight excluding hydrogens is 356 g/mol. The molecule has 1 saturated heterocycles. The van der Waals surface area contributed by atoms with Crippen molar-refractivity contribution < 1.29 is 19.1 Å². The SMILES string of the molecule is COCCNC(=O)C1CCCN1C(=O)c1cccc(-c2cccc(OC)c2)c1. The van der Waals surface area contributed by atoms with Gasteiger partial charge in [0, 0.05) is 25.8 Å². The lowest BCUT2D eigenvalue weighted by atomic mass is 10.0. The minimum absolute atomic E-state index is 0.117. The Balaban J connectivity index is 1.77. The Morgan fingerprint density at radius 3 is 2.61 bits per heavy atom. The van der Waals surface area contributed by atoms with Crippen molar-refractivity contribution in [2.24, 2.45) is 0 Å². The first-order chi connectivity index (χ1) is 13.6. The Morgan fingerprint density at radius 2 is 1.86 bits per heavy atom. The Bertz CT molecular complexity index is 837. The summed E-state index contributed by atoms with van der Waals surface area (Å²) < 4.78 is 10.3. The first-order valence-corrected chi connectivity index (χ1v) is 9.46. The molecule has 0 radical (unpaired) electrons. The van der Waals surface area contributed by atoms with E-state index in [0.29, 0.717) is 31.7 Å². The number of rotatable bonds is 7. The van der Waals surface area contributed by atoms with Crippen molar-refractivity contribution in [2.45, 2.75) is 18.9 Å². The molecule has 1 N–H and O–H groups in total. The molecule has 0 spiro atoms. The molecule has 1 aliphatic heterocycles. The summed E-state index contributed by atoms with van der Waals surface area (Å²) >= 11 is 0. The van der Waals surface area contributed by atoms with Gasteiger partial charge in [-0.05, 0) is 48.2 Å². The van der Waals surface area contributed by atoms with E-state index in [0.717, 1.165) is 23.3 Å². The van der Waals surface area contributed by atoms with Crippen LogP contribution >= 0.6 is 0 Å². The lowest BCUT2D eigenvalue weighted by molar-refractivity contribution is -0.125. The minimum atomic E-state index is -0.426. The predicted molar refractivity (Wildman–Crippen MR) is 107 cm³/mol. The van der Waals surface area contributed by atoms with E-state index in [4.69, 9.17) is 9.47 Å². The van der Waals surface area contributed by atoms with Gasteiger partial charge in [-0.15, -0.1) is 0 Å². The Labute approximate surface area is 165 Å². The summed E-state index contributed by atoms with van der Waals surface area (Å²) in [5.74, 6) is 0.530. The first-order valence-electron chi connectivity index (χ1n) is 9.46. The Kier molecular flexibility index (Phi) is 6.66. The summed E-state index contributed by atoms with van der Waals surface area (Å²) in [4.78, 5) is 27.2. The number of hydrogen-bond acceptors (Lipinski definition) is 4. The van der Waals surface area contributed by atoms with Gasteiger partial charge in [0.1, 0.15) is 11.8 Å². The number of carbonyl (C=O) groups is 2. The van der Waals surface area contributed by atoms with Gasteiger partial charge < -0.3 is 19.7 Å². The smallest absolute Gasteiger partial charge is 0.254 e. The number of methoxy groups -OCH3 is 2. The Morgan fingerprint density at radius 1 is 1.11 bits per heavy atom. The highest BCUT2D eigenvalue weighted by Gasteiger charge is 2.34. The molecule has 6 nitrogen and oxygen atoms in total. The summed E-state index contributed by atoms with van der Waals surface area (Å²) in [6, 6.07) is 14.8. The number of hydrogen-bond donors (Lipinski definition) is 1. The van der Waals surface area contributed by atoms with Gasteiger partial charge in [-0.2, -0.15) is 0 Å². The molecule has 0 saturated carbocycles. The second kappa shape index (κ2) is 9.37. The van der Waals surface area contributed by atoms with E-state index in [1.165, 1.54) is 0 Å². The van der Waals surface area contributed by atoms with Crippen LogP contribution in [0.5, 0.6) is 5.75 Å². The molecule has 1 aliphatic rings. The van der Waals surface area contributed by atoms with Gasteiger partial charge in [0.05, 0.1) is 13.7 Å². The van der Waals surface area contributed by atoms with Crippen LogP contribution in [0.3, 0.4) is 0 Å². The first kappa shape index (κ1) is 19.9. The third-order valence-electron chi connectivity index (χ3n) is 4.93. The molecule has 0 aliphatic carbocycles. The average Bonchev–Trinajstić information content (AvgIpc) is 3.23.